The maximum Gasteiger partial charge on any atom is 0.251 e. The van der Waals surface area contributed by atoms with Gasteiger partial charge in [0.05, 0.1) is 19.2 Å². The average Bonchev–Trinajstić information content (AvgIpc) is 2.72. The molecule has 0 fully saturated rings. The topological polar surface area (TPSA) is 85.9 Å². The molecule has 0 spiro atoms. The molecule has 28 heavy (non-hydrogen) atoms. The second-order valence-electron chi connectivity index (χ2n) is 6.33. The van der Waals surface area contributed by atoms with Crippen molar-refractivity contribution in [3.05, 3.63) is 53.6 Å². The van der Waals surface area contributed by atoms with E-state index in [1.807, 2.05) is 32.0 Å². The third kappa shape index (κ3) is 4.94. The van der Waals surface area contributed by atoms with E-state index in [0.29, 0.717) is 42.6 Å². The van der Waals surface area contributed by atoms with E-state index >= 15 is 0 Å². The summed E-state index contributed by atoms with van der Waals surface area (Å²) in [5.74, 6) is 1.49. The Kier molecular flexibility index (Phi) is 6.37. The standard InChI is InChI=1S/C21H24N2O5/c1-3-26-17-7-4-15(5-8-17)21(25)22-13-20(24)23-14(2)16-6-9-18-19(12-16)28-11-10-27-18/h4-9,12,14H,3,10-11,13H2,1-2H3,(H,22,25)(H,23,24)/t14-/m1/s1. The van der Waals surface area contributed by atoms with Crippen LogP contribution in [-0.4, -0.2) is 38.2 Å². The van der Waals surface area contributed by atoms with Crippen molar-refractivity contribution >= 4 is 11.8 Å². The quantitative estimate of drug-likeness (QED) is 0.766. The highest BCUT2D eigenvalue weighted by Crippen LogP contribution is 2.32. The van der Waals surface area contributed by atoms with Gasteiger partial charge in [-0.25, -0.2) is 0 Å². The van der Waals surface area contributed by atoms with Crippen LogP contribution in [0.2, 0.25) is 0 Å². The lowest BCUT2D eigenvalue weighted by Gasteiger charge is -2.21. The molecule has 0 saturated heterocycles. The van der Waals surface area contributed by atoms with E-state index in [0.717, 1.165) is 5.56 Å². The van der Waals surface area contributed by atoms with Crippen molar-refractivity contribution in [1.82, 2.24) is 10.6 Å². The van der Waals surface area contributed by atoms with Gasteiger partial charge in [0.1, 0.15) is 19.0 Å². The summed E-state index contributed by atoms with van der Waals surface area (Å²) in [6, 6.07) is 12.1. The molecule has 3 rings (SSSR count). The minimum absolute atomic E-state index is 0.110. The molecule has 7 heteroatoms. The van der Waals surface area contributed by atoms with E-state index in [-0.39, 0.29) is 24.4 Å². The number of amides is 2. The van der Waals surface area contributed by atoms with Gasteiger partial charge < -0.3 is 24.8 Å². The first-order chi connectivity index (χ1) is 13.6. The Hall–Kier alpha value is -3.22. The summed E-state index contributed by atoms with van der Waals surface area (Å²) in [5, 5.41) is 5.49. The van der Waals surface area contributed by atoms with Gasteiger partial charge in [0.25, 0.3) is 5.91 Å². The lowest BCUT2D eigenvalue weighted by Crippen LogP contribution is -2.38. The molecule has 0 bridgehead atoms. The number of ether oxygens (including phenoxy) is 3. The molecule has 0 unspecified atom stereocenters. The van der Waals surface area contributed by atoms with Crippen LogP contribution in [0.25, 0.3) is 0 Å². The molecule has 2 N–H and O–H groups in total. The van der Waals surface area contributed by atoms with Crippen molar-refractivity contribution in [3.8, 4) is 17.2 Å². The number of rotatable bonds is 7. The molecule has 1 heterocycles. The van der Waals surface area contributed by atoms with Crippen LogP contribution in [0.5, 0.6) is 17.2 Å². The van der Waals surface area contributed by atoms with Gasteiger partial charge in [0.2, 0.25) is 5.91 Å². The van der Waals surface area contributed by atoms with Crippen molar-refractivity contribution in [2.75, 3.05) is 26.4 Å². The number of carbonyl (C=O) groups is 2. The van der Waals surface area contributed by atoms with Gasteiger partial charge in [0, 0.05) is 5.56 Å². The van der Waals surface area contributed by atoms with Crippen LogP contribution in [0.1, 0.15) is 35.8 Å². The molecule has 0 saturated carbocycles. The molecule has 2 amide bonds. The predicted molar refractivity (Wildman–Crippen MR) is 104 cm³/mol. The molecular weight excluding hydrogens is 360 g/mol. The maximum absolute atomic E-state index is 12.2. The van der Waals surface area contributed by atoms with Gasteiger partial charge in [-0.1, -0.05) is 6.07 Å². The summed E-state index contributed by atoms with van der Waals surface area (Å²) >= 11 is 0. The fourth-order valence-corrected chi connectivity index (χ4v) is 2.84. The largest absolute Gasteiger partial charge is 0.494 e. The fourth-order valence-electron chi connectivity index (χ4n) is 2.84. The van der Waals surface area contributed by atoms with Crippen LogP contribution >= 0.6 is 0 Å². The average molecular weight is 384 g/mol. The lowest BCUT2D eigenvalue weighted by atomic mass is 10.1. The number of benzene rings is 2. The first-order valence-corrected chi connectivity index (χ1v) is 9.26. The summed E-state index contributed by atoms with van der Waals surface area (Å²) < 4.78 is 16.4. The van der Waals surface area contributed by atoms with Crippen LogP contribution in [0.4, 0.5) is 0 Å². The van der Waals surface area contributed by atoms with Crippen LogP contribution in [0, 0.1) is 0 Å². The van der Waals surface area contributed by atoms with E-state index in [2.05, 4.69) is 10.6 Å². The highest BCUT2D eigenvalue weighted by Gasteiger charge is 2.16. The zero-order chi connectivity index (χ0) is 19.9. The number of hydrogen-bond donors (Lipinski definition) is 2. The number of fused-ring (bicyclic) bond motifs is 1. The second-order valence-corrected chi connectivity index (χ2v) is 6.33. The van der Waals surface area contributed by atoms with E-state index in [1.165, 1.54) is 0 Å². The minimum Gasteiger partial charge on any atom is -0.494 e. The van der Waals surface area contributed by atoms with Crippen molar-refractivity contribution in [2.45, 2.75) is 19.9 Å². The Labute approximate surface area is 164 Å². The van der Waals surface area contributed by atoms with Crippen molar-refractivity contribution < 1.29 is 23.8 Å². The molecule has 2 aromatic carbocycles. The van der Waals surface area contributed by atoms with E-state index in [1.54, 1.807) is 24.3 Å². The van der Waals surface area contributed by atoms with Crippen LogP contribution in [0.3, 0.4) is 0 Å². The summed E-state index contributed by atoms with van der Waals surface area (Å²) in [7, 11) is 0. The van der Waals surface area contributed by atoms with Crippen LogP contribution < -0.4 is 24.8 Å². The highest BCUT2D eigenvalue weighted by atomic mass is 16.6. The Bertz CT molecular complexity index is 835. The summed E-state index contributed by atoms with van der Waals surface area (Å²) in [5.41, 5.74) is 1.37. The number of hydrogen-bond acceptors (Lipinski definition) is 5. The highest BCUT2D eigenvalue weighted by molar-refractivity contribution is 5.96. The first kappa shape index (κ1) is 19.5. The molecule has 0 aliphatic carbocycles. The molecule has 2 aromatic rings. The summed E-state index contributed by atoms with van der Waals surface area (Å²) in [4.78, 5) is 24.4. The third-order valence-corrected chi connectivity index (χ3v) is 4.28. The Morgan fingerprint density at radius 1 is 1.07 bits per heavy atom. The predicted octanol–water partition coefficient (Wildman–Crippen LogP) is 2.46. The van der Waals surface area contributed by atoms with Gasteiger partial charge in [-0.3, -0.25) is 9.59 Å². The molecule has 1 atom stereocenters. The Morgan fingerprint density at radius 3 is 2.50 bits per heavy atom. The van der Waals surface area contributed by atoms with Gasteiger partial charge in [-0.05, 0) is 55.8 Å². The molecule has 7 nitrogen and oxygen atoms in total. The minimum atomic E-state index is -0.315. The summed E-state index contributed by atoms with van der Waals surface area (Å²) in [6.07, 6.45) is 0. The Morgan fingerprint density at radius 2 is 1.79 bits per heavy atom. The third-order valence-electron chi connectivity index (χ3n) is 4.28. The van der Waals surface area contributed by atoms with Gasteiger partial charge in [-0.15, -0.1) is 0 Å². The normalized spacial score (nSPS) is 13.4. The van der Waals surface area contributed by atoms with E-state index in [4.69, 9.17) is 14.2 Å². The maximum atomic E-state index is 12.2. The van der Waals surface area contributed by atoms with Crippen LogP contribution in [-0.2, 0) is 4.79 Å². The van der Waals surface area contributed by atoms with Crippen LogP contribution in [0.15, 0.2) is 42.5 Å². The zero-order valence-electron chi connectivity index (χ0n) is 16.0. The van der Waals surface area contributed by atoms with Crippen molar-refractivity contribution in [2.24, 2.45) is 0 Å². The molecule has 0 radical (unpaired) electrons. The van der Waals surface area contributed by atoms with E-state index < -0.39 is 0 Å². The van der Waals surface area contributed by atoms with E-state index in [9.17, 15) is 9.59 Å². The van der Waals surface area contributed by atoms with Crippen molar-refractivity contribution in [3.63, 3.8) is 0 Å². The molecule has 0 aromatic heterocycles. The van der Waals surface area contributed by atoms with Gasteiger partial charge in [0.15, 0.2) is 11.5 Å². The SMILES string of the molecule is CCOc1ccc(C(=O)NCC(=O)N[C@H](C)c2ccc3c(c2)OCCO3)cc1. The second kappa shape index (κ2) is 9.12. The zero-order valence-corrected chi connectivity index (χ0v) is 16.0. The molecule has 148 valence electrons. The Balaban J connectivity index is 1.50. The molecular formula is C21H24N2O5. The first-order valence-electron chi connectivity index (χ1n) is 9.26. The fraction of sp³-hybridized carbons (Fsp3) is 0.333. The van der Waals surface area contributed by atoms with Gasteiger partial charge in [-0.2, -0.15) is 0 Å². The lowest BCUT2D eigenvalue weighted by molar-refractivity contribution is -0.120. The molecule has 1 aliphatic heterocycles. The number of nitrogens with one attached hydrogen (secondary N) is 2. The van der Waals surface area contributed by atoms with Gasteiger partial charge >= 0.3 is 0 Å². The number of carbonyl (C=O) groups excluding carboxylic acids is 2. The smallest absolute Gasteiger partial charge is 0.251 e. The molecule has 1 aliphatic rings. The summed E-state index contributed by atoms with van der Waals surface area (Å²) in [6.45, 7) is 5.26. The van der Waals surface area contributed by atoms with Crippen molar-refractivity contribution in [1.29, 1.82) is 0 Å². The monoisotopic (exact) mass is 384 g/mol.